The van der Waals surface area contributed by atoms with E-state index in [1.54, 1.807) is 0 Å². The number of likely N-dealkylation sites (N-methyl/N-ethyl adjacent to an activating group) is 1. The summed E-state index contributed by atoms with van der Waals surface area (Å²) in [4.78, 5) is 53.0. The summed E-state index contributed by atoms with van der Waals surface area (Å²) in [5.41, 5.74) is 0.432. The zero-order valence-corrected chi connectivity index (χ0v) is 21.5. The van der Waals surface area contributed by atoms with Gasteiger partial charge in [-0.1, -0.05) is 12.8 Å². The molecule has 2 saturated carbocycles. The molecule has 7 N–H and O–H groups in total. The van der Waals surface area contributed by atoms with Gasteiger partial charge in [0.15, 0.2) is 17.1 Å². The minimum absolute atomic E-state index is 0.100. The van der Waals surface area contributed by atoms with Crippen LogP contribution in [0.5, 0.6) is 5.75 Å². The molecule has 39 heavy (non-hydrogen) atoms. The Bertz CT molecular complexity index is 1390. The molecule has 0 bridgehead atoms. The number of Topliss-reactive ketones (excluding diaryl/α,β-unsaturated/α-hetero) is 2. The van der Waals surface area contributed by atoms with Gasteiger partial charge in [0.05, 0.1) is 17.3 Å². The number of nitrogens with one attached hydrogen (secondary N) is 1. The van der Waals surface area contributed by atoms with Crippen LogP contribution in [0.25, 0.3) is 5.76 Å². The number of fused-ring (bicyclic) bond motifs is 3. The van der Waals surface area contributed by atoms with Gasteiger partial charge in [-0.3, -0.25) is 24.1 Å². The number of aromatic hydroxyl groups is 1. The van der Waals surface area contributed by atoms with E-state index >= 15 is 4.39 Å². The zero-order chi connectivity index (χ0) is 28.5. The van der Waals surface area contributed by atoms with Gasteiger partial charge >= 0.3 is 0 Å². The summed E-state index contributed by atoms with van der Waals surface area (Å²) < 4.78 is 15.4. The smallest absolute Gasteiger partial charge is 0.255 e. The summed E-state index contributed by atoms with van der Waals surface area (Å²) in [6.07, 6.45) is 2.75. The van der Waals surface area contributed by atoms with Gasteiger partial charge in [0.25, 0.3) is 5.91 Å². The van der Waals surface area contributed by atoms with Crippen LogP contribution >= 0.6 is 0 Å². The van der Waals surface area contributed by atoms with E-state index in [-0.39, 0.29) is 30.0 Å². The molecule has 4 atom stereocenters. The summed E-state index contributed by atoms with van der Waals surface area (Å²) in [6.45, 7) is 0. The predicted octanol–water partition coefficient (Wildman–Crippen LogP) is 1.23. The van der Waals surface area contributed by atoms with E-state index in [1.165, 1.54) is 19.0 Å². The molecule has 12 heteroatoms. The lowest BCUT2D eigenvalue weighted by Gasteiger charge is -2.50. The van der Waals surface area contributed by atoms with Crippen molar-refractivity contribution < 1.29 is 44.0 Å². The number of anilines is 1. The second-order valence-corrected chi connectivity index (χ2v) is 11.0. The van der Waals surface area contributed by atoms with Crippen LogP contribution in [0.1, 0.15) is 43.2 Å². The number of carbonyl (C=O) groups is 4. The third-order valence-electron chi connectivity index (χ3n) is 8.65. The predicted molar refractivity (Wildman–Crippen MR) is 135 cm³/mol. The highest BCUT2D eigenvalue weighted by atomic mass is 19.1. The van der Waals surface area contributed by atoms with Gasteiger partial charge in [0, 0.05) is 29.0 Å². The molecule has 5 rings (SSSR count). The Morgan fingerprint density at radius 3 is 2.38 bits per heavy atom. The summed E-state index contributed by atoms with van der Waals surface area (Å²) in [7, 11) is 2.99. The fourth-order valence-electron chi connectivity index (χ4n) is 6.78. The van der Waals surface area contributed by atoms with E-state index < -0.39 is 86.7 Å². The molecule has 0 aliphatic heterocycles. The van der Waals surface area contributed by atoms with Crippen molar-refractivity contribution in [1.82, 2.24) is 4.90 Å². The molecule has 4 aliphatic carbocycles. The van der Waals surface area contributed by atoms with Crippen LogP contribution in [0, 0.1) is 23.6 Å². The van der Waals surface area contributed by atoms with Gasteiger partial charge in [-0.2, -0.15) is 0 Å². The number of nitrogens with zero attached hydrogens (tertiary/aromatic N) is 1. The molecular formula is C27H30FN3O8. The van der Waals surface area contributed by atoms with Gasteiger partial charge in [-0.05, 0) is 45.7 Å². The van der Waals surface area contributed by atoms with Gasteiger partial charge in [-0.15, -0.1) is 0 Å². The van der Waals surface area contributed by atoms with E-state index in [4.69, 9.17) is 5.73 Å². The van der Waals surface area contributed by atoms with Crippen molar-refractivity contribution >= 4 is 34.8 Å². The molecule has 0 radical (unpaired) electrons. The summed E-state index contributed by atoms with van der Waals surface area (Å²) in [6, 6.07) is -0.269. The number of rotatable bonds is 4. The molecule has 0 aromatic heterocycles. The SMILES string of the molecule is CN(C)[C@@H]1C(=O)C(C(N)=O)=C(O)[C@@]2(O)C(=O)C3=C(O)c4c(O)c(NC(=O)C5CCCC5)cc(F)c4C[C@H]3C[C@@H]12. The number of phenols is 1. The molecule has 1 aromatic rings. The third-order valence-corrected chi connectivity index (χ3v) is 8.65. The standard InChI is InChI=1S/C27H30FN3O8/c1-31(2)19-13-8-11-7-12-14(28)9-15(30-26(38)10-5-3-4-6-10)20(32)17(12)21(33)16(11)23(35)27(13,39)24(36)18(22(19)34)25(29)37/h9-11,13,19,32-33,36,39H,3-8H2,1-2H3,(H2,29,37)(H,30,38)/t11-,13-,19-,27-/m0/s1. The normalized spacial score (nSPS) is 28.9. The van der Waals surface area contributed by atoms with Crippen LogP contribution in [0.2, 0.25) is 0 Å². The highest BCUT2D eigenvalue weighted by Crippen LogP contribution is 2.53. The summed E-state index contributed by atoms with van der Waals surface area (Å²) in [5.74, 6) is -9.72. The number of amides is 2. The molecular weight excluding hydrogens is 513 g/mol. The second-order valence-electron chi connectivity index (χ2n) is 11.0. The van der Waals surface area contributed by atoms with E-state index in [2.05, 4.69) is 5.32 Å². The first kappa shape index (κ1) is 26.8. The molecule has 2 fully saturated rings. The molecule has 4 aliphatic rings. The fourth-order valence-corrected chi connectivity index (χ4v) is 6.78. The van der Waals surface area contributed by atoms with Crippen molar-refractivity contribution in [3.05, 3.63) is 39.9 Å². The average Bonchev–Trinajstić information content (AvgIpc) is 3.39. The van der Waals surface area contributed by atoms with Crippen molar-refractivity contribution in [2.24, 2.45) is 23.5 Å². The largest absolute Gasteiger partial charge is 0.508 e. The molecule has 0 heterocycles. The van der Waals surface area contributed by atoms with Crippen LogP contribution < -0.4 is 11.1 Å². The van der Waals surface area contributed by atoms with E-state index in [0.29, 0.717) is 12.8 Å². The van der Waals surface area contributed by atoms with E-state index in [0.717, 1.165) is 18.9 Å². The Morgan fingerprint density at radius 1 is 1.15 bits per heavy atom. The minimum atomic E-state index is -2.78. The van der Waals surface area contributed by atoms with Crippen LogP contribution in [0.15, 0.2) is 23.0 Å². The number of hydrogen-bond donors (Lipinski definition) is 6. The highest BCUT2D eigenvalue weighted by Gasteiger charge is 2.64. The fraction of sp³-hybridized carbons (Fsp3) is 0.481. The zero-order valence-electron chi connectivity index (χ0n) is 21.5. The molecule has 11 nitrogen and oxygen atoms in total. The maximum absolute atomic E-state index is 15.4. The number of hydrogen-bond acceptors (Lipinski definition) is 9. The van der Waals surface area contributed by atoms with Crippen molar-refractivity contribution in [3.8, 4) is 5.75 Å². The summed E-state index contributed by atoms with van der Waals surface area (Å²) >= 11 is 0. The molecule has 0 spiro atoms. The lowest BCUT2D eigenvalue weighted by atomic mass is 9.57. The molecule has 208 valence electrons. The Balaban J connectivity index is 1.64. The lowest BCUT2D eigenvalue weighted by Crippen LogP contribution is -2.65. The molecule has 0 unspecified atom stereocenters. The Hall–Kier alpha value is -3.77. The minimum Gasteiger partial charge on any atom is -0.508 e. The lowest BCUT2D eigenvalue weighted by molar-refractivity contribution is -0.153. The highest BCUT2D eigenvalue weighted by molar-refractivity contribution is 6.24. The Morgan fingerprint density at radius 2 is 1.79 bits per heavy atom. The number of carbonyl (C=O) groups excluding carboxylic acids is 4. The topological polar surface area (TPSA) is 190 Å². The quantitative estimate of drug-likeness (QED) is 0.240. The van der Waals surface area contributed by atoms with Gasteiger partial charge in [0.1, 0.15) is 22.9 Å². The van der Waals surface area contributed by atoms with Gasteiger partial charge in [0.2, 0.25) is 11.7 Å². The molecule has 1 aromatic carbocycles. The van der Waals surface area contributed by atoms with Gasteiger partial charge in [-0.25, -0.2) is 4.39 Å². The maximum atomic E-state index is 15.4. The van der Waals surface area contributed by atoms with Crippen molar-refractivity contribution in [2.75, 3.05) is 19.4 Å². The van der Waals surface area contributed by atoms with Crippen LogP contribution in [0.3, 0.4) is 0 Å². The first-order valence-electron chi connectivity index (χ1n) is 12.8. The number of halogens is 1. The number of phenolic OH excluding ortho intramolecular Hbond substituents is 1. The third kappa shape index (κ3) is 3.76. The van der Waals surface area contributed by atoms with Crippen molar-refractivity contribution in [2.45, 2.75) is 50.2 Å². The number of benzene rings is 1. The van der Waals surface area contributed by atoms with E-state index in [1.807, 2.05) is 0 Å². The van der Waals surface area contributed by atoms with Crippen molar-refractivity contribution in [3.63, 3.8) is 0 Å². The summed E-state index contributed by atoms with van der Waals surface area (Å²) in [5, 5.41) is 47.2. The average molecular weight is 544 g/mol. The number of primary amides is 1. The Kier molecular flexibility index (Phi) is 6.30. The van der Waals surface area contributed by atoms with Crippen LogP contribution in [-0.2, 0) is 25.6 Å². The number of aliphatic hydroxyl groups is 3. The van der Waals surface area contributed by atoms with Crippen molar-refractivity contribution in [1.29, 1.82) is 0 Å². The number of nitrogens with two attached hydrogens (primary N) is 1. The number of ketones is 2. The maximum Gasteiger partial charge on any atom is 0.255 e. The van der Waals surface area contributed by atoms with E-state index in [9.17, 15) is 39.6 Å². The molecule has 2 amide bonds. The first-order chi connectivity index (χ1) is 18.3. The second kappa shape index (κ2) is 9.16. The van der Waals surface area contributed by atoms with Gasteiger partial charge < -0.3 is 31.5 Å². The van der Waals surface area contributed by atoms with Crippen LogP contribution in [-0.4, -0.2) is 74.4 Å². The van der Waals surface area contributed by atoms with Crippen LogP contribution in [0.4, 0.5) is 10.1 Å². The monoisotopic (exact) mass is 543 g/mol. The first-order valence-corrected chi connectivity index (χ1v) is 12.8. The Labute approximate surface area is 222 Å². The molecule has 0 saturated heterocycles. The number of aliphatic hydroxyl groups excluding tert-OH is 2.